The molecule has 0 aliphatic carbocycles. The van der Waals surface area contributed by atoms with Crippen LogP contribution in [0, 0.1) is 0 Å². The molecule has 7 nitrogen and oxygen atoms in total. The molecule has 0 bridgehead atoms. The van der Waals surface area contributed by atoms with Crippen molar-refractivity contribution in [1.29, 1.82) is 0 Å². The lowest BCUT2D eigenvalue weighted by molar-refractivity contribution is -0.117. The summed E-state index contributed by atoms with van der Waals surface area (Å²) >= 11 is 0. The topological polar surface area (TPSA) is 78.9 Å². The van der Waals surface area contributed by atoms with E-state index in [1.54, 1.807) is 20.3 Å². The summed E-state index contributed by atoms with van der Waals surface area (Å²) in [6.07, 6.45) is 7.87. The van der Waals surface area contributed by atoms with Gasteiger partial charge in [0, 0.05) is 26.6 Å². The van der Waals surface area contributed by atoms with E-state index in [1.807, 2.05) is 4.57 Å². The molecule has 0 unspecified atom stereocenters. The first-order valence-electron chi connectivity index (χ1n) is 9.11. The second-order valence-electron chi connectivity index (χ2n) is 6.63. The minimum Gasteiger partial charge on any atom is -0.325 e. The Labute approximate surface area is 147 Å². The van der Waals surface area contributed by atoms with Gasteiger partial charge in [0.05, 0.1) is 6.33 Å². The minimum absolute atomic E-state index is 0.126. The fourth-order valence-electron chi connectivity index (χ4n) is 3.04. The van der Waals surface area contributed by atoms with Crippen LogP contribution in [-0.2, 0) is 24.9 Å². The Kier molecular flexibility index (Phi) is 6.73. The summed E-state index contributed by atoms with van der Waals surface area (Å²) in [5.74, 6) is 0.126. The standard InChI is InChI=1S/C18H28N4O3/c1-4-5-6-8-11-21-13-19-16-15(21)17(24)22(18(25)20(16)3)12-9-7-10-14(2)23/h13H,4-12H2,1-3H3. The van der Waals surface area contributed by atoms with Gasteiger partial charge in [-0.15, -0.1) is 0 Å². The van der Waals surface area contributed by atoms with Crippen molar-refractivity contribution in [2.24, 2.45) is 7.05 Å². The lowest BCUT2D eigenvalue weighted by Gasteiger charge is -2.09. The number of rotatable bonds is 10. The summed E-state index contributed by atoms with van der Waals surface area (Å²) in [5, 5.41) is 0. The summed E-state index contributed by atoms with van der Waals surface area (Å²) in [4.78, 5) is 40.6. The highest BCUT2D eigenvalue weighted by molar-refractivity contribution is 5.75. The molecule has 0 N–H and O–H groups in total. The number of fused-ring (bicyclic) bond motifs is 1. The number of aromatic nitrogens is 4. The largest absolute Gasteiger partial charge is 0.332 e. The van der Waals surface area contributed by atoms with Crippen molar-refractivity contribution in [1.82, 2.24) is 18.7 Å². The Morgan fingerprint density at radius 2 is 1.80 bits per heavy atom. The summed E-state index contributed by atoms with van der Waals surface area (Å²) in [7, 11) is 1.64. The fourth-order valence-corrected chi connectivity index (χ4v) is 3.04. The van der Waals surface area contributed by atoms with E-state index < -0.39 is 0 Å². The van der Waals surface area contributed by atoms with Gasteiger partial charge in [0.25, 0.3) is 5.56 Å². The number of aryl methyl sites for hydroxylation is 2. The summed E-state index contributed by atoms with van der Waals surface area (Å²) in [6, 6.07) is 0. The zero-order valence-electron chi connectivity index (χ0n) is 15.5. The van der Waals surface area contributed by atoms with Crippen molar-refractivity contribution < 1.29 is 4.79 Å². The summed E-state index contributed by atoms with van der Waals surface area (Å²) in [5.41, 5.74) is 0.293. The first kappa shape index (κ1) is 19.1. The van der Waals surface area contributed by atoms with Gasteiger partial charge in [0.2, 0.25) is 0 Å². The van der Waals surface area contributed by atoms with Crippen LogP contribution in [0.4, 0.5) is 0 Å². The number of hydrogen-bond acceptors (Lipinski definition) is 4. The molecule has 0 atom stereocenters. The van der Waals surface area contributed by atoms with Gasteiger partial charge in [-0.2, -0.15) is 0 Å². The normalized spacial score (nSPS) is 11.3. The number of imidazole rings is 1. The first-order valence-corrected chi connectivity index (χ1v) is 9.11. The van der Waals surface area contributed by atoms with Gasteiger partial charge in [-0.1, -0.05) is 26.2 Å². The van der Waals surface area contributed by atoms with E-state index >= 15 is 0 Å². The highest BCUT2D eigenvalue weighted by atomic mass is 16.2. The average Bonchev–Trinajstić information content (AvgIpc) is 3.00. The molecule has 0 spiro atoms. The third-order valence-corrected chi connectivity index (χ3v) is 4.51. The maximum absolute atomic E-state index is 12.8. The fraction of sp³-hybridized carbons (Fsp3) is 0.667. The highest BCUT2D eigenvalue weighted by Crippen LogP contribution is 2.09. The Morgan fingerprint density at radius 1 is 1.08 bits per heavy atom. The molecule has 2 rings (SSSR count). The van der Waals surface area contributed by atoms with Crippen LogP contribution in [0.25, 0.3) is 11.2 Å². The molecule has 25 heavy (non-hydrogen) atoms. The zero-order chi connectivity index (χ0) is 18.4. The van der Waals surface area contributed by atoms with Gasteiger partial charge in [-0.05, 0) is 26.2 Å². The van der Waals surface area contributed by atoms with E-state index in [0.717, 1.165) is 25.8 Å². The van der Waals surface area contributed by atoms with E-state index in [-0.39, 0.29) is 17.0 Å². The number of Topliss-reactive ketones (excluding diaryl/α,β-unsaturated/α-hetero) is 1. The molecule has 0 aliphatic heterocycles. The number of carbonyl (C=O) groups is 1. The van der Waals surface area contributed by atoms with Crippen LogP contribution in [-0.4, -0.2) is 24.5 Å². The zero-order valence-corrected chi connectivity index (χ0v) is 15.5. The van der Waals surface area contributed by atoms with Gasteiger partial charge in [-0.25, -0.2) is 9.78 Å². The van der Waals surface area contributed by atoms with Gasteiger partial charge >= 0.3 is 5.69 Å². The second kappa shape index (κ2) is 8.78. The molecule has 0 aliphatic rings. The van der Waals surface area contributed by atoms with E-state index in [4.69, 9.17) is 0 Å². The van der Waals surface area contributed by atoms with Crippen molar-refractivity contribution in [2.45, 2.75) is 71.9 Å². The van der Waals surface area contributed by atoms with E-state index in [9.17, 15) is 14.4 Å². The molecular weight excluding hydrogens is 320 g/mol. The molecule has 0 amide bonds. The quantitative estimate of drug-likeness (QED) is 0.617. The molecule has 0 saturated heterocycles. The Bertz CT molecular complexity index is 844. The van der Waals surface area contributed by atoms with Gasteiger partial charge < -0.3 is 9.36 Å². The maximum atomic E-state index is 12.8. The molecule has 0 radical (unpaired) electrons. The summed E-state index contributed by atoms with van der Waals surface area (Å²) < 4.78 is 4.57. The van der Waals surface area contributed by atoms with Gasteiger partial charge in [0.1, 0.15) is 5.78 Å². The minimum atomic E-state index is -0.350. The van der Waals surface area contributed by atoms with Crippen LogP contribution in [0.2, 0.25) is 0 Å². The monoisotopic (exact) mass is 348 g/mol. The lowest BCUT2D eigenvalue weighted by Crippen LogP contribution is -2.39. The number of nitrogens with zero attached hydrogens (tertiary/aromatic N) is 4. The van der Waals surface area contributed by atoms with Crippen LogP contribution in [0.15, 0.2) is 15.9 Å². The Morgan fingerprint density at radius 3 is 2.48 bits per heavy atom. The first-order chi connectivity index (χ1) is 12.0. The van der Waals surface area contributed by atoms with E-state index in [1.165, 1.54) is 15.6 Å². The van der Waals surface area contributed by atoms with Gasteiger partial charge in [0.15, 0.2) is 11.2 Å². The predicted octanol–water partition coefficient (Wildman–Crippen LogP) is 2.24. The SMILES string of the molecule is CCCCCCn1cnc2c1c(=O)n(CCCCC(C)=O)c(=O)n2C. The Hall–Kier alpha value is -2.18. The average molecular weight is 348 g/mol. The van der Waals surface area contributed by atoms with Gasteiger partial charge in [-0.3, -0.25) is 13.9 Å². The van der Waals surface area contributed by atoms with Crippen molar-refractivity contribution in [3.63, 3.8) is 0 Å². The van der Waals surface area contributed by atoms with Crippen molar-refractivity contribution in [2.75, 3.05) is 0 Å². The maximum Gasteiger partial charge on any atom is 0.332 e. The van der Waals surface area contributed by atoms with Crippen LogP contribution in [0.3, 0.4) is 0 Å². The smallest absolute Gasteiger partial charge is 0.325 e. The molecule has 0 aromatic carbocycles. The molecule has 2 aromatic rings. The van der Waals surface area contributed by atoms with Crippen LogP contribution < -0.4 is 11.2 Å². The van der Waals surface area contributed by atoms with E-state index in [0.29, 0.717) is 37.0 Å². The van der Waals surface area contributed by atoms with E-state index in [2.05, 4.69) is 11.9 Å². The summed E-state index contributed by atoms with van der Waals surface area (Å²) in [6.45, 7) is 4.77. The predicted molar refractivity (Wildman–Crippen MR) is 97.9 cm³/mol. The third kappa shape index (κ3) is 4.46. The van der Waals surface area contributed by atoms with Crippen molar-refractivity contribution in [3.8, 4) is 0 Å². The molecule has 138 valence electrons. The van der Waals surface area contributed by atoms with Crippen molar-refractivity contribution >= 4 is 16.9 Å². The number of ketones is 1. The number of unbranched alkanes of at least 4 members (excludes halogenated alkanes) is 4. The van der Waals surface area contributed by atoms with Crippen LogP contribution in [0.5, 0.6) is 0 Å². The van der Waals surface area contributed by atoms with Crippen LogP contribution in [0.1, 0.15) is 58.8 Å². The lowest BCUT2D eigenvalue weighted by atomic mass is 10.2. The highest BCUT2D eigenvalue weighted by Gasteiger charge is 2.15. The number of hydrogen-bond donors (Lipinski definition) is 0. The molecule has 2 aromatic heterocycles. The second-order valence-corrected chi connectivity index (χ2v) is 6.63. The molecule has 0 fully saturated rings. The third-order valence-electron chi connectivity index (χ3n) is 4.51. The molecule has 7 heteroatoms. The molecule has 2 heterocycles. The van der Waals surface area contributed by atoms with Crippen molar-refractivity contribution in [3.05, 3.63) is 27.2 Å². The molecule has 0 saturated carbocycles. The van der Waals surface area contributed by atoms with Crippen LogP contribution >= 0.6 is 0 Å². The molecular formula is C18H28N4O3. The Balaban J connectivity index is 2.28. The number of carbonyl (C=O) groups excluding carboxylic acids is 1.